The fourth-order valence-electron chi connectivity index (χ4n) is 3.05. The lowest BCUT2D eigenvalue weighted by atomic mass is 9.99. The summed E-state index contributed by atoms with van der Waals surface area (Å²) in [6.07, 6.45) is 1.46. The van der Waals surface area contributed by atoms with Gasteiger partial charge in [0.2, 0.25) is 15.9 Å². The van der Waals surface area contributed by atoms with Crippen LogP contribution in [0, 0.1) is 5.92 Å². The Bertz CT molecular complexity index is 691. The summed E-state index contributed by atoms with van der Waals surface area (Å²) >= 11 is 0. The van der Waals surface area contributed by atoms with E-state index in [-0.39, 0.29) is 24.1 Å². The number of hydrogen-bond acceptors (Lipinski definition) is 5. The smallest absolute Gasteiger partial charge is 0.224 e. The van der Waals surface area contributed by atoms with Crippen LogP contribution in [0.15, 0.2) is 24.3 Å². The van der Waals surface area contributed by atoms with E-state index < -0.39 is 10.0 Å². The van der Waals surface area contributed by atoms with Crippen molar-refractivity contribution in [1.82, 2.24) is 9.62 Å². The maximum Gasteiger partial charge on any atom is 0.224 e. The van der Waals surface area contributed by atoms with Crippen LogP contribution in [-0.4, -0.2) is 64.7 Å². The van der Waals surface area contributed by atoms with Crippen molar-refractivity contribution in [3.05, 3.63) is 24.3 Å². The van der Waals surface area contributed by atoms with Gasteiger partial charge in [-0.2, -0.15) is 0 Å². The van der Waals surface area contributed by atoms with Crippen LogP contribution in [0.5, 0.6) is 5.75 Å². The highest BCUT2D eigenvalue weighted by atomic mass is 32.2. The second kappa shape index (κ2) is 9.23. The summed E-state index contributed by atoms with van der Waals surface area (Å²) in [7, 11) is 0.365. The minimum atomic E-state index is -3.23. The molecule has 1 aliphatic rings. The van der Waals surface area contributed by atoms with Crippen molar-refractivity contribution in [1.29, 1.82) is 0 Å². The number of hydrogen-bond donors (Lipinski definition) is 1. The average Bonchev–Trinajstić information content (AvgIpc) is 2.68. The van der Waals surface area contributed by atoms with Crippen LogP contribution in [0.4, 0.5) is 5.69 Å². The van der Waals surface area contributed by atoms with Gasteiger partial charge in [0.05, 0.1) is 18.8 Å². The number of ether oxygens (including phenoxy) is 1. The van der Waals surface area contributed by atoms with Gasteiger partial charge in [-0.25, -0.2) is 12.7 Å². The van der Waals surface area contributed by atoms with Gasteiger partial charge in [-0.1, -0.05) is 0 Å². The maximum absolute atomic E-state index is 12.4. The molecule has 26 heavy (non-hydrogen) atoms. The van der Waals surface area contributed by atoms with Crippen LogP contribution < -0.4 is 15.0 Å². The monoisotopic (exact) mass is 383 g/mol. The molecule has 0 aliphatic carbocycles. The van der Waals surface area contributed by atoms with Gasteiger partial charge in [0.15, 0.2) is 0 Å². The zero-order chi connectivity index (χ0) is 19.2. The largest absolute Gasteiger partial charge is 0.497 e. The van der Waals surface area contributed by atoms with Crippen molar-refractivity contribution < 1.29 is 17.9 Å². The van der Waals surface area contributed by atoms with Gasteiger partial charge < -0.3 is 15.0 Å². The fraction of sp³-hybridized carbons (Fsp3) is 0.611. The highest BCUT2D eigenvalue weighted by Gasteiger charge is 2.31. The summed E-state index contributed by atoms with van der Waals surface area (Å²) < 4.78 is 30.6. The molecule has 0 spiro atoms. The van der Waals surface area contributed by atoms with E-state index >= 15 is 0 Å². The van der Waals surface area contributed by atoms with Crippen LogP contribution in [0.25, 0.3) is 0 Å². The minimum Gasteiger partial charge on any atom is -0.497 e. The van der Waals surface area contributed by atoms with Crippen molar-refractivity contribution in [3.63, 3.8) is 0 Å². The highest BCUT2D eigenvalue weighted by Crippen LogP contribution is 2.20. The zero-order valence-electron chi connectivity index (χ0n) is 15.8. The Hall–Kier alpha value is -1.80. The van der Waals surface area contributed by atoms with Crippen molar-refractivity contribution in [2.45, 2.75) is 19.8 Å². The number of amides is 1. The number of benzene rings is 1. The van der Waals surface area contributed by atoms with E-state index in [0.717, 1.165) is 24.3 Å². The lowest BCUT2D eigenvalue weighted by molar-refractivity contribution is -0.126. The van der Waals surface area contributed by atoms with E-state index in [2.05, 4.69) is 10.2 Å². The molecule has 1 aromatic carbocycles. The molecule has 1 amide bonds. The molecule has 1 N–H and O–H groups in total. The third kappa shape index (κ3) is 5.35. The van der Waals surface area contributed by atoms with Crippen molar-refractivity contribution in [2.75, 3.05) is 51.0 Å². The molecule has 1 heterocycles. The molecule has 1 atom stereocenters. The van der Waals surface area contributed by atoms with Crippen LogP contribution in [0.3, 0.4) is 0 Å². The first-order valence-electron chi connectivity index (χ1n) is 8.98. The first kappa shape index (κ1) is 20.5. The molecule has 146 valence electrons. The Morgan fingerprint density at radius 2 is 2.04 bits per heavy atom. The third-order valence-corrected chi connectivity index (χ3v) is 6.62. The molecule has 0 aromatic heterocycles. The number of piperidine rings is 1. The van der Waals surface area contributed by atoms with Gasteiger partial charge in [-0.3, -0.25) is 4.79 Å². The molecule has 2 rings (SSSR count). The van der Waals surface area contributed by atoms with Crippen molar-refractivity contribution >= 4 is 21.6 Å². The lowest BCUT2D eigenvalue weighted by Gasteiger charge is -2.31. The Morgan fingerprint density at radius 1 is 1.35 bits per heavy atom. The normalized spacial score (nSPS) is 18.3. The summed E-state index contributed by atoms with van der Waals surface area (Å²) in [6, 6.07) is 7.73. The predicted molar refractivity (Wildman–Crippen MR) is 103 cm³/mol. The summed E-state index contributed by atoms with van der Waals surface area (Å²) in [5.74, 6) is 0.549. The number of nitrogens with zero attached hydrogens (tertiary/aromatic N) is 2. The Labute approximate surface area is 156 Å². The zero-order valence-corrected chi connectivity index (χ0v) is 16.6. The van der Waals surface area contributed by atoms with E-state index in [4.69, 9.17) is 4.74 Å². The van der Waals surface area contributed by atoms with Crippen molar-refractivity contribution in [3.8, 4) is 5.75 Å². The van der Waals surface area contributed by atoms with E-state index in [1.807, 2.05) is 31.3 Å². The summed E-state index contributed by atoms with van der Waals surface area (Å²) in [5.41, 5.74) is 1.04. The van der Waals surface area contributed by atoms with Gasteiger partial charge in [-0.05, 0) is 44.0 Å². The van der Waals surface area contributed by atoms with Gasteiger partial charge >= 0.3 is 0 Å². The molecule has 0 saturated carbocycles. The molecule has 1 fully saturated rings. The Balaban J connectivity index is 1.80. The SMILES string of the molecule is CCS(=O)(=O)N1CCC[C@H](C(=O)NCCN(C)c2ccc(OC)cc2)C1. The van der Waals surface area contributed by atoms with Crippen LogP contribution in [0.2, 0.25) is 0 Å². The first-order valence-corrected chi connectivity index (χ1v) is 10.6. The minimum absolute atomic E-state index is 0.0656. The first-order chi connectivity index (χ1) is 12.4. The molecule has 1 aromatic rings. The quantitative estimate of drug-likeness (QED) is 0.732. The van der Waals surface area contributed by atoms with Crippen molar-refractivity contribution in [2.24, 2.45) is 5.92 Å². The molecular formula is C18H29N3O4S. The van der Waals surface area contributed by atoms with E-state index in [0.29, 0.717) is 19.6 Å². The summed E-state index contributed by atoms with van der Waals surface area (Å²) in [4.78, 5) is 14.4. The van der Waals surface area contributed by atoms with Gasteiger partial charge in [0, 0.05) is 38.9 Å². The van der Waals surface area contributed by atoms with Gasteiger partial charge in [-0.15, -0.1) is 0 Å². The molecule has 0 radical (unpaired) electrons. The second-order valence-electron chi connectivity index (χ2n) is 6.51. The molecule has 0 bridgehead atoms. The van der Waals surface area contributed by atoms with Crippen LogP contribution in [-0.2, 0) is 14.8 Å². The van der Waals surface area contributed by atoms with Crippen LogP contribution in [0.1, 0.15) is 19.8 Å². The number of methoxy groups -OCH3 is 1. The number of carbonyl (C=O) groups excluding carboxylic acids is 1. The number of rotatable bonds is 8. The molecule has 7 nitrogen and oxygen atoms in total. The number of sulfonamides is 1. The van der Waals surface area contributed by atoms with E-state index in [9.17, 15) is 13.2 Å². The average molecular weight is 384 g/mol. The second-order valence-corrected chi connectivity index (χ2v) is 8.77. The lowest BCUT2D eigenvalue weighted by Crippen LogP contribution is -2.46. The molecular weight excluding hydrogens is 354 g/mol. The number of nitrogens with one attached hydrogen (secondary N) is 1. The predicted octanol–water partition coefficient (Wildman–Crippen LogP) is 1.31. The Kier molecular flexibility index (Phi) is 7.28. The van der Waals surface area contributed by atoms with E-state index in [1.165, 1.54) is 4.31 Å². The number of likely N-dealkylation sites (N-methyl/N-ethyl adjacent to an activating group) is 1. The fourth-order valence-corrected chi connectivity index (χ4v) is 4.23. The van der Waals surface area contributed by atoms with Crippen LogP contribution >= 0.6 is 0 Å². The Morgan fingerprint density at radius 3 is 2.65 bits per heavy atom. The molecule has 0 unspecified atom stereocenters. The maximum atomic E-state index is 12.4. The standard InChI is InChI=1S/C18H29N3O4S/c1-4-26(23,24)21-12-5-6-15(14-21)18(22)19-11-13-20(2)16-7-9-17(25-3)10-8-16/h7-10,15H,4-6,11-14H2,1-3H3,(H,19,22)/t15-/m0/s1. The van der Waals surface area contributed by atoms with Gasteiger partial charge in [0.25, 0.3) is 0 Å². The summed E-state index contributed by atoms with van der Waals surface area (Å²) in [5, 5.41) is 2.94. The van der Waals surface area contributed by atoms with Gasteiger partial charge in [0.1, 0.15) is 5.75 Å². The molecule has 8 heteroatoms. The number of carbonyl (C=O) groups is 1. The highest BCUT2D eigenvalue weighted by molar-refractivity contribution is 7.89. The number of anilines is 1. The molecule has 1 aliphatic heterocycles. The third-order valence-electron chi connectivity index (χ3n) is 4.77. The summed E-state index contributed by atoms with van der Waals surface area (Å²) in [6.45, 7) is 3.62. The topological polar surface area (TPSA) is 79.0 Å². The molecule has 1 saturated heterocycles. The van der Waals surface area contributed by atoms with E-state index in [1.54, 1.807) is 14.0 Å².